The summed E-state index contributed by atoms with van der Waals surface area (Å²) in [6, 6.07) is 7.09. The molecule has 10 nitrogen and oxygen atoms in total. The van der Waals surface area contributed by atoms with Crippen molar-refractivity contribution in [1.82, 2.24) is 0 Å². The average molecular weight is 452 g/mol. The zero-order chi connectivity index (χ0) is 21.3. The maximum absolute atomic E-state index is 12.4. The zero-order valence-electron chi connectivity index (χ0n) is 15.4. The summed E-state index contributed by atoms with van der Waals surface area (Å²) in [4.78, 5) is 22.7. The number of esters is 2. The molecule has 0 fully saturated rings. The smallest absolute Gasteiger partial charge is 0.465 e. The maximum Gasteiger partial charge on any atom is 1.00 e. The van der Waals surface area contributed by atoms with E-state index in [1.807, 2.05) is 0 Å². The van der Waals surface area contributed by atoms with Crippen molar-refractivity contribution in [3.63, 3.8) is 0 Å². The van der Waals surface area contributed by atoms with Crippen molar-refractivity contribution in [3.8, 4) is 11.1 Å². The van der Waals surface area contributed by atoms with Crippen LogP contribution in [0.3, 0.4) is 0 Å². The molecular weight excluding hydrogens is 439 g/mol. The van der Waals surface area contributed by atoms with E-state index in [2.05, 4.69) is 15.5 Å². The first-order valence-electron chi connectivity index (χ1n) is 7.22. The molecule has 0 bridgehead atoms. The number of methoxy groups -OCH3 is 2. The summed E-state index contributed by atoms with van der Waals surface area (Å²) in [7, 11) is -7.97. The summed E-state index contributed by atoms with van der Waals surface area (Å²) >= 11 is 0. The fraction of sp³-hybridized carbons (Fsp3) is 0.125. The standard InChI is InChI=1S/C16H13O10S2.Na/c1-25-15(17)10-7-8-12(28(22,23)24)13(14(10)16(18)26-2)9-5-3-4-6-11(9)27(19,20)21;/h3,5-8H,1-2H3,(H,19,20,21)(H,22,23,24);/q-1;+1. The van der Waals surface area contributed by atoms with E-state index in [9.17, 15) is 35.5 Å². The normalized spacial score (nSPS) is 11.3. The maximum atomic E-state index is 12.4. The molecule has 2 aromatic rings. The summed E-state index contributed by atoms with van der Waals surface area (Å²) in [5, 5.41) is 0. The molecule has 0 aliphatic heterocycles. The first-order chi connectivity index (χ1) is 12.9. The summed E-state index contributed by atoms with van der Waals surface area (Å²) in [5.74, 6) is -2.27. The second-order valence-electron chi connectivity index (χ2n) is 5.22. The predicted molar refractivity (Wildman–Crippen MR) is 93.0 cm³/mol. The average Bonchev–Trinajstić information content (AvgIpc) is 2.64. The molecule has 0 spiro atoms. The van der Waals surface area contributed by atoms with E-state index in [1.165, 1.54) is 6.07 Å². The molecule has 0 heterocycles. The Morgan fingerprint density at radius 3 is 1.93 bits per heavy atom. The Bertz CT molecular complexity index is 1170. The van der Waals surface area contributed by atoms with Crippen LogP contribution in [-0.4, -0.2) is 52.1 Å². The van der Waals surface area contributed by atoms with Gasteiger partial charge in [-0.2, -0.15) is 32.7 Å². The second-order valence-corrected chi connectivity index (χ2v) is 8.00. The van der Waals surface area contributed by atoms with E-state index in [-0.39, 0.29) is 29.6 Å². The molecule has 0 aromatic heterocycles. The second kappa shape index (κ2) is 9.34. The number of carbonyl (C=O) groups is 2. The van der Waals surface area contributed by atoms with Crippen molar-refractivity contribution in [2.45, 2.75) is 9.79 Å². The molecule has 0 radical (unpaired) electrons. The van der Waals surface area contributed by atoms with Gasteiger partial charge in [0.1, 0.15) is 4.90 Å². The molecule has 0 amide bonds. The Hall–Kier alpha value is -1.80. The Kier molecular flexibility index (Phi) is 8.13. The molecule has 0 unspecified atom stereocenters. The van der Waals surface area contributed by atoms with Crippen molar-refractivity contribution >= 4 is 32.2 Å². The van der Waals surface area contributed by atoms with E-state index in [0.29, 0.717) is 0 Å². The Labute approximate surface area is 188 Å². The molecule has 2 rings (SSSR count). The van der Waals surface area contributed by atoms with Gasteiger partial charge in [-0.25, -0.2) is 18.0 Å². The summed E-state index contributed by atoms with van der Waals surface area (Å²) in [5.41, 5.74) is -2.29. The van der Waals surface area contributed by atoms with Gasteiger partial charge in [-0.05, 0) is 22.6 Å². The molecule has 29 heavy (non-hydrogen) atoms. The number of hydrogen-bond acceptors (Lipinski definition) is 8. The van der Waals surface area contributed by atoms with Crippen molar-refractivity contribution in [2.75, 3.05) is 14.2 Å². The van der Waals surface area contributed by atoms with E-state index < -0.39 is 64.2 Å². The van der Waals surface area contributed by atoms with Crippen molar-refractivity contribution in [2.24, 2.45) is 0 Å². The molecule has 0 aliphatic carbocycles. The minimum atomic E-state index is -5.00. The van der Waals surface area contributed by atoms with Crippen LogP contribution in [0.5, 0.6) is 0 Å². The molecule has 0 aliphatic rings. The van der Waals surface area contributed by atoms with Gasteiger partial charge in [0.2, 0.25) is 10.1 Å². The zero-order valence-corrected chi connectivity index (χ0v) is 19.0. The van der Waals surface area contributed by atoms with Crippen LogP contribution < -0.4 is 29.6 Å². The van der Waals surface area contributed by atoms with Gasteiger partial charge in [0.15, 0.2) is 0 Å². The van der Waals surface area contributed by atoms with Crippen molar-refractivity contribution < 1.29 is 74.6 Å². The first kappa shape index (κ1) is 25.2. The number of carbonyl (C=O) groups excluding carboxylic acids is 2. The van der Waals surface area contributed by atoms with E-state index in [0.717, 1.165) is 38.5 Å². The van der Waals surface area contributed by atoms with Gasteiger partial charge in [0.25, 0.3) is 10.1 Å². The van der Waals surface area contributed by atoms with Crippen LogP contribution >= 0.6 is 0 Å². The van der Waals surface area contributed by atoms with E-state index in [4.69, 9.17) is 0 Å². The molecule has 0 atom stereocenters. The molecule has 0 saturated carbocycles. The number of hydrogen-bond donors (Lipinski definition) is 2. The SMILES string of the molecule is COC(=O)c1ccc(S(=O)(=O)O)c(-c2cc[c-]cc2S(=O)(=O)O)c1C(=O)OC.[Na+]. The van der Waals surface area contributed by atoms with Gasteiger partial charge in [-0.1, -0.05) is 0 Å². The van der Waals surface area contributed by atoms with E-state index in [1.54, 1.807) is 0 Å². The van der Waals surface area contributed by atoms with Crippen LogP contribution in [0.1, 0.15) is 20.7 Å². The quantitative estimate of drug-likeness (QED) is 0.230. The minimum Gasteiger partial charge on any atom is -0.465 e. The third-order valence-electron chi connectivity index (χ3n) is 3.61. The van der Waals surface area contributed by atoms with Gasteiger partial charge in [-0.3, -0.25) is 9.11 Å². The van der Waals surface area contributed by atoms with Crippen LogP contribution in [0.4, 0.5) is 0 Å². The number of ether oxygens (including phenoxy) is 2. The van der Waals surface area contributed by atoms with Crippen LogP contribution in [0.2, 0.25) is 0 Å². The predicted octanol–water partition coefficient (Wildman–Crippen LogP) is -1.78. The molecule has 0 saturated heterocycles. The van der Waals surface area contributed by atoms with E-state index >= 15 is 0 Å². The van der Waals surface area contributed by atoms with Gasteiger partial charge in [0.05, 0.1) is 25.3 Å². The number of benzene rings is 2. The van der Waals surface area contributed by atoms with Gasteiger partial charge in [0, 0.05) is 0 Å². The van der Waals surface area contributed by atoms with Crippen molar-refractivity contribution in [1.29, 1.82) is 0 Å². The fourth-order valence-corrected chi connectivity index (χ4v) is 3.87. The topological polar surface area (TPSA) is 161 Å². The Morgan fingerprint density at radius 2 is 1.45 bits per heavy atom. The summed E-state index contributed by atoms with van der Waals surface area (Å²) < 4.78 is 75.4. The summed E-state index contributed by atoms with van der Waals surface area (Å²) in [6.07, 6.45) is 0. The largest absolute Gasteiger partial charge is 1.00 e. The summed E-state index contributed by atoms with van der Waals surface area (Å²) in [6.45, 7) is 0. The van der Waals surface area contributed by atoms with Gasteiger partial charge >= 0.3 is 41.5 Å². The monoisotopic (exact) mass is 452 g/mol. The van der Waals surface area contributed by atoms with Crippen LogP contribution in [0.25, 0.3) is 11.1 Å². The number of rotatable bonds is 5. The van der Waals surface area contributed by atoms with Crippen LogP contribution in [0, 0.1) is 6.07 Å². The Morgan fingerprint density at radius 1 is 0.897 bits per heavy atom. The first-order valence-corrected chi connectivity index (χ1v) is 10.1. The Balaban J connectivity index is 0.00000420. The van der Waals surface area contributed by atoms with Crippen molar-refractivity contribution in [3.05, 3.63) is 47.5 Å². The fourth-order valence-electron chi connectivity index (χ4n) is 2.50. The third-order valence-corrected chi connectivity index (χ3v) is 5.40. The van der Waals surface area contributed by atoms with Gasteiger partial charge in [-0.15, -0.1) is 5.56 Å². The molecular formula is C16H13NaO10S2. The molecule has 2 N–H and O–H groups in total. The van der Waals surface area contributed by atoms with Crippen LogP contribution in [-0.2, 0) is 29.7 Å². The third kappa shape index (κ3) is 5.22. The molecule has 13 heteroatoms. The van der Waals surface area contributed by atoms with Gasteiger partial charge < -0.3 is 9.47 Å². The minimum absolute atomic E-state index is 0. The van der Waals surface area contributed by atoms with Crippen LogP contribution in [0.15, 0.2) is 40.1 Å². The molecule has 2 aromatic carbocycles. The molecule has 150 valence electrons.